The molecule has 0 fully saturated rings. The fourth-order valence-electron chi connectivity index (χ4n) is 1.06. The SMILES string of the molecule is C=CC(CCCCC)OCCBr. The quantitative estimate of drug-likeness (QED) is 0.355. The molecular weight excluding hydrogens is 216 g/mol. The van der Waals surface area contributed by atoms with E-state index in [-0.39, 0.29) is 6.10 Å². The van der Waals surface area contributed by atoms with Gasteiger partial charge < -0.3 is 4.74 Å². The van der Waals surface area contributed by atoms with Gasteiger partial charge in [0, 0.05) is 5.33 Å². The number of hydrogen-bond acceptors (Lipinski definition) is 1. The van der Waals surface area contributed by atoms with Gasteiger partial charge in [0.05, 0.1) is 12.7 Å². The maximum absolute atomic E-state index is 5.52. The standard InChI is InChI=1S/C10H19BrO/c1-3-5-6-7-10(4-2)12-9-8-11/h4,10H,2-3,5-9H2,1H3. The smallest absolute Gasteiger partial charge is 0.0753 e. The van der Waals surface area contributed by atoms with E-state index in [4.69, 9.17) is 4.74 Å². The lowest BCUT2D eigenvalue weighted by molar-refractivity contribution is 0.0912. The van der Waals surface area contributed by atoms with Crippen molar-refractivity contribution in [2.45, 2.75) is 38.7 Å². The van der Waals surface area contributed by atoms with E-state index in [0.29, 0.717) is 0 Å². The summed E-state index contributed by atoms with van der Waals surface area (Å²) in [7, 11) is 0. The van der Waals surface area contributed by atoms with Gasteiger partial charge in [-0.25, -0.2) is 0 Å². The fourth-order valence-corrected chi connectivity index (χ4v) is 1.25. The number of ether oxygens (including phenoxy) is 1. The Balaban J connectivity index is 3.32. The van der Waals surface area contributed by atoms with Crippen molar-refractivity contribution in [3.05, 3.63) is 12.7 Å². The lowest BCUT2D eigenvalue weighted by Gasteiger charge is -2.12. The van der Waals surface area contributed by atoms with E-state index >= 15 is 0 Å². The summed E-state index contributed by atoms with van der Waals surface area (Å²) in [5.74, 6) is 0. The van der Waals surface area contributed by atoms with Crippen molar-refractivity contribution in [1.82, 2.24) is 0 Å². The minimum Gasteiger partial charge on any atom is -0.373 e. The molecule has 0 bridgehead atoms. The monoisotopic (exact) mass is 234 g/mol. The minimum atomic E-state index is 0.258. The highest BCUT2D eigenvalue weighted by molar-refractivity contribution is 9.09. The summed E-state index contributed by atoms with van der Waals surface area (Å²) in [5.41, 5.74) is 0. The van der Waals surface area contributed by atoms with E-state index in [0.717, 1.165) is 18.4 Å². The molecule has 0 spiro atoms. The highest BCUT2D eigenvalue weighted by atomic mass is 79.9. The van der Waals surface area contributed by atoms with Crippen LogP contribution in [0.25, 0.3) is 0 Å². The van der Waals surface area contributed by atoms with Gasteiger partial charge in [-0.05, 0) is 6.42 Å². The van der Waals surface area contributed by atoms with Crippen LogP contribution in [0.15, 0.2) is 12.7 Å². The van der Waals surface area contributed by atoms with Crippen LogP contribution >= 0.6 is 15.9 Å². The summed E-state index contributed by atoms with van der Waals surface area (Å²) < 4.78 is 5.52. The molecular formula is C10H19BrO. The topological polar surface area (TPSA) is 9.23 Å². The number of rotatable bonds is 8. The number of unbranched alkanes of at least 4 members (excludes halogenated alkanes) is 2. The summed E-state index contributed by atoms with van der Waals surface area (Å²) in [6, 6.07) is 0. The van der Waals surface area contributed by atoms with Crippen molar-refractivity contribution in [3.8, 4) is 0 Å². The zero-order valence-corrected chi connectivity index (χ0v) is 9.48. The maximum atomic E-state index is 5.52. The van der Waals surface area contributed by atoms with Crippen molar-refractivity contribution >= 4 is 15.9 Å². The zero-order valence-electron chi connectivity index (χ0n) is 7.89. The molecule has 1 nitrogen and oxygen atoms in total. The van der Waals surface area contributed by atoms with Gasteiger partial charge in [0.15, 0.2) is 0 Å². The lowest BCUT2D eigenvalue weighted by atomic mass is 10.1. The molecule has 0 N–H and O–H groups in total. The van der Waals surface area contributed by atoms with Crippen LogP contribution in [0, 0.1) is 0 Å². The third kappa shape index (κ3) is 6.86. The first-order chi connectivity index (χ1) is 5.85. The molecule has 12 heavy (non-hydrogen) atoms. The molecule has 1 unspecified atom stereocenters. The van der Waals surface area contributed by atoms with E-state index in [9.17, 15) is 0 Å². The Morgan fingerprint density at radius 2 is 2.25 bits per heavy atom. The Morgan fingerprint density at radius 1 is 1.50 bits per heavy atom. The summed E-state index contributed by atoms with van der Waals surface area (Å²) in [5, 5.41) is 0.908. The van der Waals surface area contributed by atoms with Gasteiger partial charge in [-0.1, -0.05) is 48.2 Å². The lowest BCUT2D eigenvalue weighted by Crippen LogP contribution is -2.10. The first-order valence-corrected chi connectivity index (χ1v) is 5.77. The third-order valence-corrected chi connectivity index (χ3v) is 2.09. The minimum absolute atomic E-state index is 0.258. The van der Waals surface area contributed by atoms with Crippen LogP contribution in [0.4, 0.5) is 0 Å². The molecule has 1 atom stereocenters. The van der Waals surface area contributed by atoms with Crippen molar-refractivity contribution in [3.63, 3.8) is 0 Å². The van der Waals surface area contributed by atoms with Crippen LogP contribution in [-0.4, -0.2) is 18.0 Å². The fraction of sp³-hybridized carbons (Fsp3) is 0.800. The predicted molar refractivity (Wildman–Crippen MR) is 57.9 cm³/mol. The van der Waals surface area contributed by atoms with E-state index in [1.165, 1.54) is 19.3 Å². The van der Waals surface area contributed by atoms with Gasteiger partial charge in [-0.15, -0.1) is 6.58 Å². The largest absolute Gasteiger partial charge is 0.373 e. The van der Waals surface area contributed by atoms with Crippen LogP contribution in [-0.2, 0) is 4.74 Å². The highest BCUT2D eigenvalue weighted by Gasteiger charge is 2.02. The Hall–Kier alpha value is 0.180. The Morgan fingerprint density at radius 3 is 2.75 bits per heavy atom. The van der Waals surface area contributed by atoms with E-state index in [2.05, 4.69) is 29.4 Å². The summed E-state index contributed by atoms with van der Waals surface area (Å²) in [6.45, 7) is 6.74. The molecule has 0 radical (unpaired) electrons. The van der Waals surface area contributed by atoms with Crippen LogP contribution in [0.3, 0.4) is 0 Å². The second kappa shape index (κ2) is 9.27. The molecule has 0 saturated heterocycles. The predicted octanol–water partition coefficient (Wildman–Crippen LogP) is 3.53. The van der Waals surface area contributed by atoms with Gasteiger partial charge in [-0.3, -0.25) is 0 Å². The number of hydrogen-bond donors (Lipinski definition) is 0. The van der Waals surface area contributed by atoms with Gasteiger partial charge in [0.2, 0.25) is 0 Å². The first-order valence-electron chi connectivity index (χ1n) is 4.65. The average molecular weight is 235 g/mol. The van der Waals surface area contributed by atoms with Crippen LogP contribution in [0.2, 0.25) is 0 Å². The highest BCUT2D eigenvalue weighted by Crippen LogP contribution is 2.07. The Labute approximate surface area is 84.3 Å². The van der Waals surface area contributed by atoms with Gasteiger partial charge in [-0.2, -0.15) is 0 Å². The summed E-state index contributed by atoms with van der Waals surface area (Å²) in [4.78, 5) is 0. The van der Waals surface area contributed by atoms with E-state index < -0.39 is 0 Å². The molecule has 0 heterocycles. The molecule has 0 saturated carbocycles. The molecule has 0 amide bonds. The molecule has 0 aliphatic rings. The van der Waals surface area contributed by atoms with Crippen LogP contribution < -0.4 is 0 Å². The van der Waals surface area contributed by atoms with Crippen molar-refractivity contribution in [2.24, 2.45) is 0 Å². The summed E-state index contributed by atoms with van der Waals surface area (Å²) in [6.07, 6.45) is 7.08. The molecule has 72 valence electrons. The first kappa shape index (κ1) is 12.2. The molecule has 2 heteroatoms. The molecule has 0 aliphatic carbocycles. The van der Waals surface area contributed by atoms with E-state index in [1.54, 1.807) is 0 Å². The van der Waals surface area contributed by atoms with Gasteiger partial charge >= 0.3 is 0 Å². The Bertz CT molecular complexity index is 104. The van der Waals surface area contributed by atoms with Gasteiger partial charge in [0.25, 0.3) is 0 Å². The van der Waals surface area contributed by atoms with E-state index in [1.807, 2.05) is 6.08 Å². The molecule has 0 rings (SSSR count). The number of alkyl halides is 1. The maximum Gasteiger partial charge on any atom is 0.0753 e. The third-order valence-electron chi connectivity index (χ3n) is 1.76. The van der Waals surface area contributed by atoms with Crippen molar-refractivity contribution in [1.29, 1.82) is 0 Å². The average Bonchev–Trinajstić information content (AvgIpc) is 2.11. The normalized spacial score (nSPS) is 12.8. The Kier molecular flexibility index (Phi) is 9.41. The second-order valence-corrected chi connectivity index (χ2v) is 3.62. The molecule has 0 aliphatic heterocycles. The second-order valence-electron chi connectivity index (χ2n) is 2.83. The van der Waals surface area contributed by atoms with Crippen LogP contribution in [0.1, 0.15) is 32.6 Å². The molecule has 0 aromatic rings. The van der Waals surface area contributed by atoms with Crippen molar-refractivity contribution in [2.75, 3.05) is 11.9 Å². The van der Waals surface area contributed by atoms with Crippen molar-refractivity contribution < 1.29 is 4.74 Å². The van der Waals surface area contributed by atoms with Gasteiger partial charge in [0.1, 0.15) is 0 Å². The molecule has 0 aromatic carbocycles. The zero-order chi connectivity index (χ0) is 9.23. The molecule has 0 aromatic heterocycles. The summed E-state index contributed by atoms with van der Waals surface area (Å²) >= 11 is 3.33. The number of halogens is 1. The van der Waals surface area contributed by atoms with Crippen LogP contribution in [0.5, 0.6) is 0 Å².